The van der Waals surface area contributed by atoms with Crippen LogP contribution in [0.5, 0.6) is 5.75 Å². The smallest absolute Gasteiger partial charge is 0.255 e. The van der Waals surface area contributed by atoms with Gasteiger partial charge in [0.1, 0.15) is 5.75 Å². The summed E-state index contributed by atoms with van der Waals surface area (Å²) >= 11 is 0. The van der Waals surface area contributed by atoms with Crippen LogP contribution < -0.4 is 21.1 Å². The Kier molecular flexibility index (Phi) is 10.1. The number of nitrogens with zero attached hydrogens (tertiary/aromatic N) is 1. The van der Waals surface area contributed by atoms with Crippen LogP contribution in [-0.4, -0.2) is 32.1 Å². The zero-order chi connectivity index (χ0) is 17.9. The van der Waals surface area contributed by atoms with E-state index in [0.29, 0.717) is 12.3 Å². The molecule has 0 atom stereocenters. The lowest BCUT2D eigenvalue weighted by Gasteiger charge is -2.12. The van der Waals surface area contributed by atoms with E-state index in [4.69, 9.17) is 10.5 Å². The molecule has 0 aliphatic heterocycles. The van der Waals surface area contributed by atoms with Gasteiger partial charge in [0.2, 0.25) is 0 Å². The Labute approximate surface area is 171 Å². The minimum absolute atomic E-state index is 0. The first-order valence-electron chi connectivity index (χ1n) is 8.16. The summed E-state index contributed by atoms with van der Waals surface area (Å²) in [7, 11) is 1.74. The number of primary amides is 1. The highest BCUT2D eigenvalue weighted by Crippen LogP contribution is 2.13. The molecule has 0 bridgehead atoms. The average Bonchev–Trinajstić information content (AvgIpc) is 2.64. The number of amides is 1. The van der Waals surface area contributed by atoms with E-state index < -0.39 is 5.91 Å². The number of hydrogen-bond donors (Lipinski definition) is 3. The third-order valence-corrected chi connectivity index (χ3v) is 3.51. The van der Waals surface area contributed by atoms with Gasteiger partial charge in [0.25, 0.3) is 5.91 Å². The second kappa shape index (κ2) is 12.1. The van der Waals surface area contributed by atoms with Crippen molar-refractivity contribution < 1.29 is 9.53 Å². The van der Waals surface area contributed by atoms with E-state index in [2.05, 4.69) is 27.8 Å². The number of nitrogens with one attached hydrogen (secondary N) is 2. The fraction of sp³-hybridized carbons (Fsp3) is 0.263. The van der Waals surface area contributed by atoms with E-state index in [1.54, 1.807) is 13.1 Å². The third kappa shape index (κ3) is 8.19. The van der Waals surface area contributed by atoms with Gasteiger partial charge in [-0.1, -0.05) is 42.5 Å². The molecule has 2 aromatic carbocycles. The van der Waals surface area contributed by atoms with E-state index >= 15 is 0 Å². The molecule has 7 heteroatoms. The summed E-state index contributed by atoms with van der Waals surface area (Å²) in [6.45, 7) is 1.27. The van der Waals surface area contributed by atoms with Crippen LogP contribution in [0.4, 0.5) is 0 Å². The first-order valence-corrected chi connectivity index (χ1v) is 8.16. The Balaban J connectivity index is 0.00000338. The number of aliphatic imine (C=N–C) groups is 1. The van der Waals surface area contributed by atoms with Crippen LogP contribution in [0.1, 0.15) is 11.1 Å². The minimum atomic E-state index is -0.494. The third-order valence-electron chi connectivity index (χ3n) is 3.51. The highest BCUT2D eigenvalue weighted by molar-refractivity contribution is 14.0. The molecular formula is C19H25IN4O2. The van der Waals surface area contributed by atoms with Gasteiger partial charge < -0.3 is 21.1 Å². The first kappa shape index (κ1) is 21.8. The molecule has 0 aromatic heterocycles. The predicted octanol–water partition coefficient (Wildman–Crippen LogP) is 2.08. The molecule has 140 valence electrons. The number of nitrogens with two attached hydrogens (primary N) is 1. The SMILES string of the molecule is CN=C(NCCc1ccccc1)NCc1cccc(OCC(N)=O)c1.I. The van der Waals surface area contributed by atoms with E-state index in [9.17, 15) is 4.79 Å². The predicted molar refractivity (Wildman–Crippen MR) is 115 cm³/mol. The van der Waals surface area contributed by atoms with Gasteiger partial charge in [0.15, 0.2) is 12.6 Å². The second-order valence-corrected chi connectivity index (χ2v) is 5.49. The molecule has 0 spiro atoms. The van der Waals surface area contributed by atoms with Crippen LogP contribution in [0.2, 0.25) is 0 Å². The highest BCUT2D eigenvalue weighted by atomic mass is 127. The van der Waals surface area contributed by atoms with Crippen molar-refractivity contribution in [3.8, 4) is 5.75 Å². The number of benzene rings is 2. The molecule has 0 saturated carbocycles. The van der Waals surface area contributed by atoms with Crippen molar-refractivity contribution in [3.63, 3.8) is 0 Å². The number of hydrogen-bond acceptors (Lipinski definition) is 3. The van der Waals surface area contributed by atoms with E-state index in [-0.39, 0.29) is 30.6 Å². The van der Waals surface area contributed by atoms with Crippen LogP contribution in [0, 0.1) is 0 Å². The Morgan fingerprint density at radius 3 is 2.50 bits per heavy atom. The van der Waals surface area contributed by atoms with Gasteiger partial charge in [-0.3, -0.25) is 9.79 Å². The molecule has 0 saturated heterocycles. The molecule has 1 amide bonds. The maximum Gasteiger partial charge on any atom is 0.255 e. The molecule has 26 heavy (non-hydrogen) atoms. The lowest BCUT2D eigenvalue weighted by atomic mass is 10.1. The molecule has 0 aliphatic carbocycles. The number of ether oxygens (including phenoxy) is 1. The molecule has 0 heterocycles. The molecule has 2 aromatic rings. The summed E-state index contributed by atoms with van der Waals surface area (Å²) in [5, 5.41) is 6.55. The van der Waals surface area contributed by atoms with Crippen LogP contribution >= 0.6 is 24.0 Å². The first-order chi connectivity index (χ1) is 12.2. The summed E-state index contributed by atoms with van der Waals surface area (Å²) in [5.74, 6) is 0.857. The number of rotatable bonds is 8. The minimum Gasteiger partial charge on any atom is -0.484 e. The van der Waals surface area contributed by atoms with Crippen molar-refractivity contribution in [2.45, 2.75) is 13.0 Å². The van der Waals surface area contributed by atoms with Crippen molar-refractivity contribution in [3.05, 3.63) is 65.7 Å². The molecule has 0 radical (unpaired) electrons. The van der Waals surface area contributed by atoms with Crippen LogP contribution in [0.3, 0.4) is 0 Å². The van der Waals surface area contributed by atoms with Crippen molar-refractivity contribution in [2.24, 2.45) is 10.7 Å². The molecule has 4 N–H and O–H groups in total. The fourth-order valence-electron chi connectivity index (χ4n) is 2.28. The van der Waals surface area contributed by atoms with Gasteiger partial charge in [0.05, 0.1) is 0 Å². The van der Waals surface area contributed by atoms with Crippen molar-refractivity contribution in [2.75, 3.05) is 20.2 Å². The summed E-state index contributed by atoms with van der Waals surface area (Å²) < 4.78 is 5.31. The molecule has 0 unspecified atom stereocenters. The number of carbonyl (C=O) groups excluding carboxylic acids is 1. The Bertz CT molecular complexity index is 708. The maximum absolute atomic E-state index is 10.8. The van der Waals surface area contributed by atoms with E-state index in [1.807, 2.05) is 36.4 Å². The summed E-state index contributed by atoms with van der Waals surface area (Å²) in [6, 6.07) is 17.8. The van der Waals surface area contributed by atoms with Gasteiger partial charge >= 0.3 is 0 Å². The Morgan fingerprint density at radius 2 is 1.81 bits per heavy atom. The molecule has 2 rings (SSSR count). The van der Waals surface area contributed by atoms with Crippen molar-refractivity contribution in [1.29, 1.82) is 0 Å². The molecule has 6 nitrogen and oxygen atoms in total. The van der Waals surface area contributed by atoms with Crippen LogP contribution in [0.25, 0.3) is 0 Å². The maximum atomic E-state index is 10.8. The normalized spacial score (nSPS) is 10.6. The number of guanidine groups is 1. The van der Waals surface area contributed by atoms with Gasteiger partial charge in [-0.2, -0.15) is 0 Å². The summed E-state index contributed by atoms with van der Waals surface area (Å²) in [4.78, 5) is 15.0. The number of halogens is 1. The standard InChI is InChI=1S/C19H24N4O2.HI/c1-21-19(22-11-10-15-6-3-2-4-7-15)23-13-16-8-5-9-17(12-16)25-14-18(20)24;/h2-9,12H,10-11,13-14H2,1H3,(H2,20,24)(H2,21,22,23);1H. The molecule has 0 fully saturated rings. The van der Waals surface area contributed by atoms with Crippen molar-refractivity contribution >= 4 is 35.8 Å². The summed E-state index contributed by atoms with van der Waals surface area (Å²) in [6.07, 6.45) is 0.929. The Hall–Kier alpha value is -2.29. The molecular weight excluding hydrogens is 443 g/mol. The Morgan fingerprint density at radius 1 is 1.08 bits per heavy atom. The van der Waals surface area contributed by atoms with Gasteiger partial charge in [-0.15, -0.1) is 24.0 Å². The largest absolute Gasteiger partial charge is 0.484 e. The lowest BCUT2D eigenvalue weighted by molar-refractivity contribution is -0.119. The van der Waals surface area contributed by atoms with Gasteiger partial charge in [-0.05, 0) is 29.7 Å². The quantitative estimate of drug-likeness (QED) is 0.315. The molecule has 0 aliphatic rings. The second-order valence-electron chi connectivity index (χ2n) is 5.49. The van der Waals surface area contributed by atoms with E-state index in [1.165, 1.54) is 5.56 Å². The summed E-state index contributed by atoms with van der Waals surface area (Å²) in [5.41, 5.74) is 7.39. The fourth-order valence-corrected chi connectivity index (χ4v) is 2.28. The monoisotopic (exact) mass is 468 g/mol. The van der Waals surface area contributed by atoms with Crippen LogP contribution in [-0.2, 0) is 17.8 Å². The highest BCUT2D eigenvalue weighted by Gasteiger charge is 2.02. The van der Waals surface area contributed by atoms with Gasteiger partial charge in [0, 0.05) is 20.1 Å². The zero-order valence-corrected chi connectivity index (χ0v) is 17.1. The van der Waals surface area contributed by atoms with E-state index in [0.717, 1.165) is 24.5 Å². The lowest BCUT2D eigenvalue weighted by Crippen LogP contribution is -2.37. The number of carbonyl (C=O) groups is 1. The van der Waals surface area contributed by atoms with Gasteiger partial charge in [-0.25, -0.2) is 0 Å². The van der Waals surface area contributed by atoms with Crippen molar-refractivity contribution in [1.82, 2.24) is 10.6 Å². The zero-order valence-electron chi connectivity index (χ0n) is 14.8. The van der Waals surface area contributed by atoms with Crippen LogP contribution in [0.15, 0.2) is 59.6 Å². The topological polar surface area (TPSA) is 88.7 Å². The average molecular weight is 468 g/mol.